The molecule has 0 aliphatic heterocycles. The zero-order valence-electron chi connectivity index (χ0n) is 15.3. The summed E-state index contributed by atoms with van der Waals surface area (Å²) in [4.78, 5) is 36.3. The number of H-pyrrole nitrogens is 1. The number of methoxy groups -OCH3 is 1. The number of halogens is 1. The molecule has 2 aromatic rings. The normalized spacial score (nSPS) is 12.6. The van der Waals surface area contributed by atoms with Crippen LogP contribution in [-0.4, -0.2) is 40.9 Å². The Labute approximate surface area is 163 Å². The molecule has 4 N–H and O–H groups in total. The van der Waals surface area contributed by atoms with Crippen molar-refractivity contribution in [2.75, 3.05) is 7.11 Å². The molecule has 148 valence electrons. The SMILES string of the molecule is COC(=O)[C@@H](Cc1c[nH]n(C)c1=O)NC(=O)[C@H](N)CCc1ccccc1.Cl. The molecule has 2 rings (SSSR count). The molecule has 0 bridgehead atoms. The molecule has 1 amide bonds. The number of aromatic nitrogens is 2. The molecule has 1 aromatic heterocycles. The zero-order chi connectivity index (χ0) is 19.1. The van der Waals surface area contributed by atoms with Crippen molar-refractivity contribution >= 4 is 24.3 Å². The molecule has 2 atom stereocenters. The van der Waals surface area contributed by atoms with E-state index in [2.05, 4.69) is 10.4 Å². The van der Waals surface area contributed by atoms with Crippen LogP contribution >= 0.6 is 12.4 Å². The number of benzene rings is 1. The molecule has 0 aliphatic rings. The summed E-state index contributed by atoms with van der Waals surface area (Å²) in [6, 6.07) is 7.95. The van der Waals surface area contributed by atoms with Gasteiger partial charge in [0.05, 0.1) is 13.2 Å². The van der Waals surface area contributed by atoms with E-state index in [1.165, 1.54) is 18.0 Å². The zero-order valence-corrected chi connectivity index (χ0v) is 16.1. The van der Waals surface area contributed by atoms with Crippen molar-refractivity contribution < 1.29 is 14.3 Å². The summed E-state index contributed by atoms with van der Waals surface area (Å²) >= 11 is 0. The van der Waals surface area contributed by atoms with E-state index in [-0.39, 0.29) is 24.4 Å². The largest absolute Gasteiger partial charge is 0.467 e. The molecule has 8 nitrogen and oxygen atoms in total. The Morgan fingerprint density at radius 3 is 2.52 bits per heavy atom. The van der Waals surface area contributed by atoms with Gasteiger partial charge in [-0.15, -0.1) is 12.4 Å². The highest BCUT2D eigenvalue weighted by Crippen LogP contribution is 2.05. The van der Waals surface area contributed by atoms with Crippen molar-refractivity contribution in [1.29, 1.82) is 0 Å². The van der Waals surface area contributed by atoms with Gasteiger partial charge in [-0.3, -0.25) is 14.3 Å². The predicted molar refractivity (Wildman–Crippen MR) is 104 cm³/mol. The molecule has 9 heteroatoms. The summed E-state index contributed by atoms with van der Waals surface area (Å²) in [6.07, 6.45) is 2.62. The van der Waals surface area contributed by atoms with Gasteiger partial charge < -0.3 is 20.9 Å². The molecule has 1 heterocycles. The first-order valence-corrected chi connectivity index (χ1v) is 8.33. The van der Waals surface area contributed by atoms with Crippen LogP contribution in [0.3, 0.4) is 0 Å². The number of esters is 1. The Morgan fingerprint density at radius 2 is 1.96 bits per heavy atom. The molecule has 0 unspecified atom stereocenters. The lowest BCUT2D eigenvalue weighted by atomic mass is 10.0. The second kappa shape index (κ2) is 10.5. The quantitative estimate of drug-likeness (QED) is 0.554. The highest BCUT2D eigenvalue weighted by atomic mass is 35.5. The van der Waals surface area contributed by atoms with Crippen LogP contribution in [0.25, 0.3) is 0 Å². The minimum atomic E-state index is -0.973. The standard InChI is InChI=1S/C18H24N4O4.ClH/c1-22-17(24)13(11-20-22)10-15(18(25)26-2)21-16(23)14(19)9-8-12-6-4-3-5-7-12;/h3-7,11,14-15,20H,8-10,19H2,1-2H3,(H,21,23);1H/t14-,15-;/m1./s1. The maximum atomic E-state index is 12.3. The maximum absolute atomic E-state index is 12.3. The Hall–Kier alpha value is -2.58. The smallest absolute Gasteiger partial charge is 0.328 e. The van der Waals surface area contributed by atoms with Crippen LogP contribution in [-0.2, 0) is 34.2 Å². The highest BCUT2D eigenvalue weighted by Gasteiger charge is 2.26. The summed E-state index contributed by atoms with van der Waals surface area (Å²) in [5, 5.41) is 5.32. The second-order valence-electron chi connectivity index (χ2n) is 6.08. The average Bonchev–Trinajstić information content (AvgIpc) is 2.97. The van der Waals surface area contributed by atoms with E-state index in [1.54, 1.807) is 7.05 Å². The number of aromatic amines is 1. The van der Waals surface area contributed by atoms with Gasteiger partial charge in [-0.25, -0.2) is 4.79 Å². The van der Waals surface area contributed by atoms with E-state index < -0.39 is 24.0 Å². The molecule has 0 saturated carbocycles. The molecule has 0 spiro atoms. The minimum absolute atomic E-state index is 0. The number of nitrogens with two attached hydrogens (primary N) is 1. The van der Waals surface area contributed by atoms with Gasteiger partial charge >= 0.3 is 5.97 Å². The third kappa shape index (κ3) is 6.26. The van der Waals surface area contributed by atoms with Gasteiger partial charge in [0, 0.05) is 25.2 Å². The third-order valence-electron chi connectivity index (χ3n) is 4.16. The lowest BCUT2D eigenvalue weighted by Crippen LogP contribution is -2.50. The first kappa shape index (κ1) is 22.5. The molecule has 0 aliphatic carbocycles. The lowest BCUT2D eigenvalue weighted by Gasteiger charge is -2.18. The molecular weight excluding hydrogens is 372 g/mol. The Kier molecular flexibility index (Phi) is 8.77. The fourth-order valence-corrected chi connectivity index (χ4v) is 2.59. The number of ether oxygens (including phenoxy) is 1. The Balaban J connectivity index is 0.00000364. The van der Waals surface area contributed by atoms with E-state index in [9.17, 15) is 14.4 Å². The monoisotopic (exact) mass is 396 g/mol. The van der Waals surface area contributed by atoms with Crippen LogP contribution < -0.4 is 16.6 Å². The lowest BCUT2D eigenvalue weighted by molar-refractivity contribution is -0.145. The van der Waals surface area contributed by atoms with Crippen molar-refractivity contribution in [1.82, 2.24) is 15.1 Å². The topological polar surface area (TPSA) is 119 Å². The number of carbonyl (C=O) groups is 2. The van der Waals surface area contributed by atoms with E-state index in [1.807, 2.05) is 30.3 Å². The number of amides is 1. The predicted octanol–water partition coefficient (Wildman–Crippen LogP) is 0.296. The van der Waals surface area contributed by atoms with Crippen molar-refractivity contribution in [2.24, 2.45) is 12.8 Å². The number of nitrogens with one attached hydrogen (secondary N) is 2. The number of nitrogens with zero attached hydrogens (tertiary/aromatic N) is 1. The van der Waals surface area contributed by atoms with Gasteiger partial charge in [0.1, 0.15) is 6.04 Å². The Morgan fingerprint density at radius 1 is 1.30 bits per heavy atom. The maximum Gasteiger partial charge on any atom is 0.328 e. The van der Waals surface area contributed by atoms with Gasteiger partial charge in [-0.05, 0) is 18.4 Å². The summed E-state index contributed by atoms with van der Waals surface area (Å²) in [6.45, 7) is 0. The van der Waals surface area contributed by atoms with Crippen LogP contribution in [0.2, 0.25) is 0 Å². The summed E-state index contributed by atoms with van der Waals surface area (Å²) in [5.41, 5.74) is 7.14. The fourth-order valence-electron chi connectivity index (χ4n) is 2.59. The van der Waals surface area contributed by atoms with Crippen molar-refractivity contribution in [3.05, 3.63) is 58.0 Å². The van der Waals surface area contributed by atoms with Crippen LogP contribution in [0.15, 0.2) is 41.3 Å². The van der Waals surface area contributed by atoms with E-state index in [4.69, 9.17) is 10.5 Å². The number of carbonyl (C=O) groups excluding carboxylic acids is 2. The van der Waals surface area contributed by atoms with Crippen LogP contribution in [0.5, 0.6) is 0 Å². The van der Waals surface area contributed by atoms with Gasteiger partial charge in [0.25, 0.3) is 5.56 Å². The van der Waals surface area contributed by atoms with Crippen molar-refractivity contribution in [2.45, 2.75) is 31.3 Å². The van der Waals surface area contributed by atoms with Crippen molar-refractivity contribution in [3.63, 3.8) is 0 Å². The first-order chi connectivity index (χ1) is 12.4. The highest BCUT2D eigenvalue weighted by molar-refractivity contribution is 5.87. The van der Waals surface area contributed by atoms with Crippen LogP contribution in [0.1, 0.15) is 17.5 Å². The van der Waals surface area contributed by atoms with Gasteiger partial charge in [-0.1, -0.05) is 30.3 Å². The molecule has 1 aromatic carbocycles. The number of hydrogen-bond acceptors (Lipinski definition) is 5. The van der Waals surface area contributed by atoms with Gasteiger partial charge in [0.2, 0.25) is 5.91 Å². The van der Waals surface area contributed by atoms with E-state index in [0.29, 0.717) is 18.4 Å². The molecule has 0 saturated heterocycles. The van der Waals surface area contributed by atoms with Crippen molar-refractivity contribution in [3.8, 4) is 0 Å². The molecule has 0 fully saturated rings. The summed E-state index contributed by atoms with van der Waals surface area (Å²) < 4.78 is 6.02. The number of aryl methyl sites for hydroxylation is 2. The summed E-state index contributed by atoms with van der Waals surface area (Å²) in [7, 11) is 2.79. The minimum Gasteiger partial charge on any atom is -0.467 e. The van der Waals surface area contributed by atoms with E-state index >= 15 is 0 Å². The molecule has 0 radical (unpaired) electrons. The molecule has 27 heavy (non-hydrogen) atoms. The van der Waals surface area contributed by atoms with Crippen LogP contribution in [0.4, 0.5) is 0 Å². The summed E-state index contributed by atoms with van der Waals surface area (Å²) in [5.74, 6) is -1.08. The van der Waals surface area contributed by atoms with E-state index in [0.717, 1.165) is 5.56 Å². The Bertz CT molecular complexity index is 803. The fraction of sp³-hybridized carbons (Fsp3) is 0.389. The third-order valence-corrected chi connectivity index (χ3v) is 4.16. The average molecular weight is 397 g/mol. The molecular formula is C18H25ClN4O4. The second-order valence-corrected chi connectivity index (χ2v) is 6.08. The number of hydrogen-bond donors (Lipinski definition) is 3. The first-order valence-electron chi connectivity index (χ1n) is 8.33. The van der Waals surface area contributed by atoms with Gasteiger partial charge in [-0.2, -0.15) is 0 Å². The number of rotatable bonds is 8. The van der Waals surface area contributed by atoms with Crippen LogP contribution in [0, 0.1) is 0 Å². The van der Waals surface area contributed by atoms with Gasteiger partial charge in [0.15, 0.2) is 0 Å².